The van der Waals surface area contributed by atoms with Gasteiger partial charge in [-0.1, -0.05) is 6.07 Å². The number of anilines is 1. The van der Waals surface area contributed by atoms with Crippen LogP contribution < -0.4 is 19.5 Å². The topological polar surface area (TPSA) is 69.7 Å². The Morgan fingerprint density at radius 3 is 2.63 bits per heavy atom. The normalized spacial score (nSPS) is 10.6. The second-order valence-electron chi connectivity index (χ2n) is 6.44. The van der Waals surface area contributed by atoms with Crippen molar-refractivity contribution in [3.63, 3.8) is 0 Å². The predicted molar refractivity (Wildman–Crippen MR) is 117 cm³/mol. The zero-order valence-corrected chi connectivity index (χ0v) is 17.2. The minimum atomic E-state index is -0.232. The number of nitrogens with one attached hydrogen (secondary N) is 1. The maximum absolute atomic E-state index is 12.3. The van der Waals surface area contributed by atoms with E-state index in [4.69, 9.17) is 14.2 Å². The number of rotatable bonds is 8. The zero-order chi connectivity index (χ0) is 21.3. The minimum Gasteiger partial charge on any atom is -0.493 e. The molecule has 0 spiro atoms. The first-order valence-corrected chi connectivity index (χ1v) is 9.57. The molecule has 6 heteroatoms. The molecule has 30 heavy (non-hydrogen) atoms. The summed E-state index contributed by atoms with van der Waals surface area (Å²) in [7, 11) is 1.59. The molecule has 0 atom stereocenters. The number of hydrogen-bond acceptors (Lipinski definition) is 5. The maximum atomic E-state index is 12.3. The average Bonchev–Trinajstić information content (AvgIpc) is 2.75. The number of aryl methyl sites for hydroxylation is 1. The first-order valence-electron chi connectivity index (χ1n) is 9.57. The molecule has 0 fully saturated rings. The molecule has 0 aliphatic carbocycles. The highest BCUT2D eigenvalue weighted by Gasteiger charge is 2.06. The van der Waals surface area contributed by atoms with Crippen LogP contribution in [0.25, 0.3) is 6.08 Å². The first kappa shape index (κ1) is 20.9. The number of carbonyl (C=O) groups is 1. The molecule has 154 valence electrons. The average molecular weight is 404 g/mol. The number of hydrogen-bond donors (Lipinski definition) is 1. The summed E-state index contributed by atoms with van der Waals surface area (Å²) >= 11 is 0. The van der Waals surface area contributed by atoms with Crippen molar-refractivity contribution < 1.29 is 19.0 Å². The fourth-order valence-electron chi connectivity index (χ4n) is 2.80. The van der Waals surface area contributed by atoms with Gasteiger partial charge in [-0.25, -0.2) is 0 Å². The third-order valence-electron chi connectivity index (χ3n) is 4.22. The Balaban J connectivity index is 1.64. The second-order valence-corrected chi connectivity index (χ2v) is 6.44. The largest absolute Gasteiger partial charge is 0.493 e. The van der Waals surface area contributed by atoms with Crippen molar-refractivity contribution in [2.24, 2.45) is 0 Å². The van der Waals surface area contributed by atoms with Gasteiger partial charge in [-0.2, -0.15) is 0 Å². The van der Waals surface area contributed by atoms with Crippen LogP contribution in [0, 0.1) is 6.92 Å². The molecule has 0 saturated heterocycles. The molecule has 0 aliphatic heterocycles. The number of benzene rings is 2. The van der Waals surface area contributed by atoms with Gasteiger partial charge in [0, 0.05) is 18.0 Å². The van der Waals surface area contributed by atoms with E-state index in [0.29, 0.717) is 35.3 Å². The molecule has 1 heterocycles. The Morgan fingerprint density at radius 1 is 1.10 bits per heavy atom. The summed E-state index contributed by atoms with van der Waals surface area (Å²) in [6.45, 7) is 4.36. The zero-order valence-electron chi connectivity index (χ0n) is 17.2. The van der Waals surface area contributed by atoms with Crippen molar-refractivity contribution in [3.05, 3.63) is 78.1 Å². The van der Waals surface area contributed by atoms with E-state index >= 15 is 0 Å². The van der Waals surface area contributed by atoms with Crippen molar-refractivity contribution in [1.82, 2.24) is 4.98 Å². The number of aromatic nitrogens is 1. The van der Waals surface area contributed by atoms with Crippen molar-refractivity contribution in [1.29, 1.82) is 0 Å². The summed E-state index contributed by atoms with van der Waals surface area (Å²) in [6, 6.07) is 14.6. The Morgan fingerprint density at radius 2 is 1.93 bits per heavy atom. The lowest BCUT2D eigenvalue weighted by atomic mass is 10.1. The molecule has 0 bridgehead atoms. The van der Waals surface area contributed by atoms with Crippen molar-refractivity contribution in [3.8, 4) is 23.0 Å². The molecule has 3 rings (SSSR count). The van der Waals surface area contributed by atoms with E-state index in [2.05, 4.69) is 10.3 Å². The summed E-state index contributed by atoms with van der Waals surface area (Å²) < 4.78 is 16.6. The van der Waals surface area contributed by atoms with Crippen LogP contribution in [0.15, 0.2) is 67.0 Å². The van der Waals surface area contributed by atoms with Crippen molar-refractivity contribution in [2.75, 3.05) is 19.0 Å². The molecular formula is C24H24N2O4. The summed E-state index contributed by atoms with van der Waals surface area (Å²) in [4.78, 5) is 16.3. The first-order chi connectivity index (χ1) is 14.6. The van der Waals surface area contributed by atoms with Gasteiger partial charge < -0.3 is 19.5 Å². The number of nitrogens with zero attached hydrogens (tertiary/aromatic N) is 1. The van der Waals surface area contributed by atoms with Gasteiger partial charge >= 0.3 is 0 Å². The lowest BCUT2D eigenvalue weighted by Crippen LogP contribution is -2.08. The highest BCUT2D eigenvalue weighted by molar-refractivity contribution is 6.02. The fourth-order valence-corrected chi connectivity index (χ4v) is 2.80. The molecule has 1 amide bonds. The van der Waals surface area contributed by atoms with Crippen LogP contribution >= 0.6 is 0 Å². The van der Waals surface area contributed by atoms with Gasteiger partial charge in [-0.15, -0.1) is 0 Å². The van der Waals surface area contributed by atoms with Gasteiger partial charge in [-0.05, 0) is 73.5 Å². The summed E-state index contributed by atoms with van der Waals surface area (Å²) in [5.41, 5.74) is 2.42. The van der Waals surface area contributed by atoms with Crippen molar-refractivity contribution >= 4 is 17.7 Å². The highest BCUT2D eigenvalue weighted by atomic mass is 16.5. The maximum Gasteiger partial charge on any atom is 0.248 e. The standard InChI is InChI=1S/C24H24N2O4/c1-4-29-23-15-18(7-10-22(23)28-3)8-12-24(27)26-19-9-11-21(17(2)14-19)30-20-6-5-13-25-16-20/h5-16H,4H2,1-3H3,(H,26,27)/b12-8+. The smallest absolute Gasteiger partial charge is 0.248 e. The van der Waals surface area contributed by atoms with Crippen LogP contribution in [-0.2, 0) is 4.79 Å². The van der Waals surface area contributed by atoms with E-state index in [1.54, 1.807) is 31.6 Å². The lowest BCUT2D eigenvalue weighted by molar-refractivity contribution is -0.111. The number of methoxy groups -OCH3 is 1. The van der Waals surface area contributed by atoms with E-state index in [9.17, 15) is 4.79 Å². The number of carbonyl (C=O) groups excluding carboxylic acids is 1. The number of ether oxygens (including phenoxy) is 3. The summed E-state index contributed by atoms with van der Waals surface area (Å²) in [5, 5.41) is 2.86. The van der Waals surface area contributed by atoms with Gasteiger partial charge in [0.05, 0.1) is 19.9 Å². The third kappa shape index (κ3) is 5.61. The molecule has 6 nitrogen and oxygen atoms in total. The van der Waals surface area contributed by atoms with Gasteiger partial charge in [-0.3, -0.25) is 9.78 Å². The van der Waals surface area contributed by atoms with Crippen LogP contribution in [0.3, 0.4) is 0 Å². The highest BCUT2D eigenvalue weighted by Crippen LogP contribution is 2.29. The van der Waals surface area contributed by atoms with Crippen LogP contribution in [0.4, 0.5) is 5.69 Å². The van der Waals surface area contributed by atoms with Crippen LogP contribution in [0.1, 0.15) is 18.1 Å². The van der Waals surface area contributed by atoms with E-state index < -0.39 is 0 Å². The van der Waals surface area contributed by atoms with Gasteiger partial charge in [0.2, 0.25) is 5.91 Å². The fraction of sp³-hybridized carbons (Fsp3) is 0.167. The van der Waals surface area contributed by atoms with Gasteiger partial charge in [0.1, 0.15) is 11.5 Å². The molecule has 1 N–H and O–H groups in total. The molecule has 0 aliphatic rings. The van der Waals surface area contributed by atoms with Crippen LogP contribution in [0.2, 0.25) is 0 Å². The Bertz CT molecular complexity index is 1030. The van der Waals surface area contributed by atoms with E-state index in [1.165, 1.54) is 6.08 Å². The van der Waals surface area contributed by atoms with Gasteiger partial charge in [0.15, 0.2) is 11.5 Å². The minimum absolute atomic E-state index is 0.232. The predicted octanol–water partition coefficient (Wildman–Crippen LogP) is 5.24. The molecule has 2 aromatic carbocycles. The lowest BCUT2D eigenvalue weighted by Gasteiger charge is -2.10. The van der Waals surface area contributed by atoms with Crippen molar-refractivity contribution in [2.45, 2.75) is 13.8 Å². The third-order valence-corrected chi connectivity index (χ3v) is 4.22. The number of pyridine rings is 1. The van der Waals surface area contributed by atoms with E-state index in [0.717, 1.165) is 11.1 Å². The SMILES string of the molecule is CCOc1cc(/C=C/C(=O)Nc2ccc(Oc3cccnc3)c(C)c2)ccc1OC. The van der Waals surface area contributed by atoms with E-state index in [-0.39, 0.29) is 5.91 Å². The summed E-state index contributed by atoms with van der Waals surface area (Å²) in [5.74, 6) is 2.43. The monoisotopic (exact) mass is 404 g/mol. The van der Waals surface area contributed by atoms with Gasteiger partial charge in [0.25, 0.3) is 0 Å². The van der Waals surface area contributed by atoms with Crippen LogP contribution in [-0.4, -0.2) is 24.6 Å². The second kappa shape index (κ2) is 10.1. The Kier molecular flexibility index (Phi) is 7.05. The molecular weight excluding hydrogens is 380 g/mol. The Hall–Kier alpha value is -3.80. The Labute approximate surface area is 176 Å². The summed E-state index contributed by atoms with van der Waals surface area (Å²) in [6.07, 6.45) is 6.54. The quantitative estimate of drug-likeness (QED) is 0.520. The molecule has 0 unspecified atom stereocenters. The molecule has 0 saturated carbocycles. The molecule has 0 radical (unpaired) electrons. The number of amides is 1. The van der Waals surface area contributed by atoms with Crippen LogP contribution in [0.5, 0.6) is 23.0 Å². The molecule has 1 aromatic heterocycles. The van der Waals surface area contributed by atoms with E-state index in [1.807, 2.05) is 56.3 Å². The molecule has 3 aromatic rings.